The van der Waals surface area contributed by atoms with Crippen LogP contribution in [-0.2, 0) is 0 Å². The van der Waals surface area contributed by atoms with Gasteiger partial charge in [-0.1, -0.05) is 4.68 Å². The summed E-state index contributed by atoms with van der Waals surface area (Å²) in [5.41, 5.74) is -0.246. The van der Waals surface area contributed by atoms with Gasteiger partial charge in [-0.3, -0.25) is 0 Å². The highest BCUT2D eigenvalue weighted by Crippen LogP contribution is 2.20. The van der Waals surface area contributed by atoms with Gasteiger partial charge < -0.3 is 9.52 Å². The predicted molar refractivity (Wildman–Crippen MR) is 50.3 cm³/mol. The SMILES string of the molecule is CC1(C)CC([O-])=N/[N+]1=C\c1ccco1. The Morgan fingerprint density at radius 3 is 2.93 bits per heavy atom. The maximum absolute atomic E-state index is 11.1. The van der Waals surface area contributed by atoms with E-state index in [-0.39, 0.29) is 11.4 Å². The third kappa shape index (κ3) is 1.55. The molecule has 0 saturated carbocycles. The molecular formula is C10H12N2O2. The molecule has 74 valence electrons. The number of hydrogen-bond donors (Lipinski definition) is 0. The molecule has 4 heteroatoms. The summed E-state index contributed by atoms with van der Waals surface area (Å²) >= 11 is 0. The van der Waals surface area contributed by atoms with Crippen LogP contribution in [0.15, 0.2) is 27.9 Å². The van der Waals surface area contributed by atoms with Gasteiger partial charge in [-0.2, -0.15) is 0 Å². The van der Waals surface area contributed by atoms with Gasteiger partial charge in [0.15, 0.2) is 11.3 Å². The first kappa shape index (κ1) is 8.99. The second-order valence-electron chi connectivity index (χ2n) is 3.97. The molecule has 1 aromatic heterocycles. The summed E-state index contributed by atoms with van der Waals surface area (Å²) < 4.78 is 6.82. The minimum Gasteiger partial charge on any atom is -0.857 e. The van der Waals surface area contributed by atoms with Crippen LogP contribution in [0.2, 0.25) is 0 Å². The molecule has 2 rings (SSSR count). The van der Waals surface area contributed by atoms with Crippen molar-refractivity contribution in [1.29, 1.82) is 0 Å². The van der Waals surface area contributed by atoms with E-state index in [4.69, 9.17) is 4.42 Å². The average molecular weight is 192 g/mol. The Labute approximate surface area is 82.2 Å². The molecule has 2 heterocycles. The van der Waals surface area contributed by atoms with Crippen molar-refractivity contribution in [2.45, 2.75) is 25.8 Å². The van der Waals surface area contributed by atoms with Gasteiger partial charge in [-0.25, -0.2) is 0 Å². The van der Waals surface area contributed by atoms with Crippen molar-refractivity contribution in [1.82, 2.24) is 0 Å². The van der Waals surface area contributed by atoms with Crippen LogP contribution in [0.3, 0.4) is 0 Å². The summed E-state index contributed by atoms with van der Waals surface area (Å²) in [6.07, 6.45) is 3.78. The van der Waals surface area contributed by atoms with Crippen LogP contribution in [0.1, 0.15) is 26.0 Å². The van der Waals surface area contributed by atoms with Crippen molar-refractivity contribution in [3.8, 4) is 0 Å². The topological polar surface area (TPSA) is 51.6 Å². The second kappa shape index (κ2) is 2.97. The molecule has 0 bridgehead atoms. The first-order valence-electron chi connectivity index (χ1n) is 4.50. The van der Waals surface area contributed by atoms with Crippen molar-refractivity contribution in [3.63, 3.8) is 0 Å². The molecule has 0 fully saturated rings. The molecule has 0 radical (unpaired) electrons. The van der Waals surface area contributed by atoms with Crippen molar-refractivity contribution in [2.24, 2.45) is 5.10 Å². The minimum atomic E-state index is -0.246. The van der Waals surface area contributed by atoms with E-state index < -0.39 is 0 Å². The Kier molecular flexibility index (Phi) is 1.91. The largest absolute Gasteiger partial charge is 0.857 e. The molecule has 4 nitrogen and oxygen atoms in total. The van der Waals surface area contributed by atoms with E-state index in [1.54, 1.807) is 23.2 Å². The van der Waals surface area contributed by atoms with Gasteiger partial charge in [0.05, 0.1) is 6.26 Å². The maximum atomic E-state index is 11.1. The van der Waals surface area contributed by atoms with E-state index in [1.807, 2.05) is 19.9 Å². The van der Waals surface area contributed by atoms with Crippen molar-refractivity contribution >= 4 is 12.1 Å². The zero-order chi connectivity index (χ0) is 10.2. The van der Waals surface area contributed by atoms with Gasteiger partial charge in [0.25, 0.3) is 0 Å². The maximum Gasteiger partial charge on any atom is 0.239 e. The Morgan fingerprint density at radius 1 is 1.64 bits per heavy atom. The van der Waals surface area contributed by atoms with E-state index in [1.165, 1.54) is 0 Å². The smallest absolute Gasteiger partial charge is 0.239 e. The second-order valence-corrected chi connectivity index (χ2v) is 3.97. The molecule has 1 aliphatic heterocycles. The fourth-order valence-electron chi connectivity index (χ4n) is 1.43. The highest BCUT2D eigenvalue weighted by molar-refractivity contribution is 5.76. The summed E-state index contributed by atoms with van der Waals surface area (Å²) in [6.45, 7) is 3.95. The molecule has 1 aliphatic rings. The molecule has 0 saturated heterocycles. The first-order valence-corrected chi connectivity index (χ1v) is 4.50. The van der Waals surface area contributed by atoms with Crippen LogP contribution in [0.5, 0.6) is 0 Å². The number of rotatable bonds is 1. The summed E-state index contributed by atoms with van der Waals surface area (Å²) in [7, 11) is 0. The van der Waals surface area contributed by atoms with Crippen LogP contribution in [0.25, 0.3) is 0 Å². The lowest BCUT2D eigenvalue weighted by Crippen LogP contribution is -2.31. The fraction of sp³-hybridized carbons (Fsp3) is 0.400. The lowest BCUT2D eigenvalue weighted by molar-refractivity contribution is -0.592. The highest BCUT2D eigenvalue weighted by Gasteiger charge is 2.36. The minimum absolute atomic E-state index is 0.0854. The quantitative estimate of drug-likeness (QED) is 0.611. The van der Waals surface area contributed by atoms with Crippen LogP contribution in [0.4, 0.5) is 0 Å². The molecule has 1 aromatic rings. The number of hydrazone groups is 1. The van der Waals surface area contributed by atoms with Crippen molar-refractivity contribution < 1.29 is 14.2 Å². The van der Waals surface area contributed by atoms with Gasteiger partial charge in [0, 0.05) is 26.2 Å². The van der Waals surface area contributed by atoms with Gasteiger partial charge in [-0.05, 0) is 17.2 Å². The van der Waals surface area contributed by atoms with Crippen LogP contribution in [-0.4, -0.2) is 22.3 Å². The van der Waals surface area contributed by atoms with E-state index >= 15 is 0 Å². The number of hydrogen-bond acceptors (Lipinski definition) is 3. The molecular weight excluding hydrogens is 180 g/mol. The lowest BCUT2D eigenvalue weighted by Gasteiger charge is -2.10. The van der Waals surface area contributed by atoms with E-state index in [2.05, 4.69) is 5.10 Å². The summed E-state index contributed by atoms with van der Waals surface area (Å²) in [6, 6.07) is 3.63. The monoisotopic (exact) mass is 192 g/mol. The molecule has 0 aliphatic carbocycles. The summed E-state index contributed by atoms with van der Waals surface area (Å²) in [5, 5.41) is 15.0. The Balaban J connectivity index is 2.34. The van der Waals surface area contributed by atoms with Gasteiger partial charge >= 0.3 is 0 Å². The first-order chi connectivity index (χ1) is 6.58. The Hall–Kier alpha value is -1.58. The predicted octanol–water partition coefficient (Wildman–Crippen LogP) is 0.567. The third-order valence-electron chi connectivity index (χ3n) is 2.22. The zero-order valence-corrected chi connectivity index (χ0v) is 8.23. The molecule has 14 heavy (non-hydrogen) atoms. The van der Waals surface area contributed by atoms with Crippen LogP contribution < -0.4 is 5.11 Å². The molecule has 0 N–H and O–H groups in total. The molecule has 0 aromatic carbocycles. The third-order valence-corrected chi connectivity index (χ3v) is 2.22. The van der Waals surface area contributed by atoms with Crippen molar-refractivity contribution in [2.75, 3.05) is 0 Å². The van der Waals surface area contributed by atoms with Gasteiger partial charge in [0.2, 0.25) is 6.21 Å². The van der Waals surface area contributed by atoms with Gasteiger partial charge in [-0.15, -0.1) is 0 Å². The molecule has 0 unspecified atom stereocenters. The number of nitrogens with zero attached hydrogens (tertiary/aromatic N) is 2. The van der Waals surface area contributed by atoms with Crippen LogP contribution in [0, 0.1) is 0 Å². The van der Waals surface area contributed by atoms with E-state index in [0.717, 1.165) is 0 Å². The number of furan rings is 1. The lowest BCUT2D eigenvalue weighted by atomic mass is 10.0. The van der Waals surface area contributed by atoms with E-state index in [9.17, 15) is 5.11 Å². The summed E-state index contributed by atoms with van der Waals surface area (Å²) in [4.78, 5) is 0. The fourth-order valence-corrected chi connectivity index (χ4v) is 1.43. The Bertz CT molecular complexity index is 388. The Morgan fingerprint density at radius 2 is 2.43 bits per heavy atom. The van der Waals surface area contributed by atoms with Crippen molar-refractivity contribution in [3.05, 3.63) is 24.2 Å². The molecule has 0 amide bonds. The van der Waals surface area contributed by atoms with E-state index in [0.29, 0.717) is 12.2 Å². The molecule has 0 spiro atoms. The van der Waals surface area contributed by atoms with Crippen LogP contribution >= 0.6 is 0 Å². The highest BCUT2D eigenvalue weighted by atomic mass is 16.3. The normalized spacial score (nSPS) is 22.7. The summed E-state index contributed by atoms with van der Waals surface area (Å²) in [5.74, 6) is 0.620. The standard InChI is InChI=1S/C10H12N2O2/c1-10(2)6-9(13)11-12(10)7-8-4-3-5-14-8/h3-5,7H,6H2,1-2H3/b12-7-. The van der Waals surface area contributed by atoms with Gasteiger partial charge in [0.1, 0.15) is 0 Å². The molecule has 0 atom stereocenters. The zero-order valence-electron chi connectivity index (χ0n) is 8.23. The average Bonchev–Trinajstić information content (AvgIpc) is 2.61.